The third-order valence-electron chi connectivity index (χ3n) is 6.87. The maximum Gasteiger partial charge on any atom is 0.177 e. The molecule has 0 saturated carbocycles. The van der Waals surface area contributed by atoms with E-state index in [4.69, 9.17) is 11.6 Å². The van der Waals surface area contributed by atoms with Crippen molar-refractivity contribution in [2.75, 3.05) is 13.1 Å². The molecule has 0 bridgehead atoms. The summed E-state index contributed by atoms with van der Waals surface area (Å²) in [6.45, 7) is 6.28. The lowest BCUT2D eigenvalue weighted by Gasteiger charge is -2.46. The topological polar surface area (TPSA) is 20.3 Å². The Morgan fingerprint density at radius 1 is 0.939 bits per heavy atom. The fourth-order valence-corrected chi connectivity index (χ4v) is 5.20. The highest BCUT2D eigenvalue weighted by Crippen LogP contribution is 2.46. The molecule has 0 spiro atoms. The maximum absolute atomic E-state index is 14.4. The van der Waals surface area contributed by atoms with E-state index in [1.165, 1.54) is 0 Å². The van der Waals surface area contributed by atoms with Gasteiger partial charge in [0.05, 0.1) is 5.41 Å². The molecule has 0 aromatic heterocycles. The van der Waals surface area contributed by atoms with Crippen molar-refractivity contribution in [2.45, 2.75) is 38.5 Å². The monoisotopic (exact) mass is 457 g/mol. The number of unbranched alkanes of at least 4 members (excludes halogenated alkanes) is 1. The van der Waals surface area contributed by atoms with Crippen LogP contribution in [-0.4, -0.2) is 23.8 Å². The number of hydrogen-bond donors (Lipinski definition) is 0. The predicted octanol–water partition coefficient (Wildman–Crippen LogP) is 7.64. The van der Waals surface area contributed by atoms with Crippen LogP contribution < -0.4 is 0 Å². The van der Waals surface area contributed by atoms with Crippen LogP contribution in [0.4, 0.5) is 0 Å². The van der Waals surface area contributed by atoms with Crippen LogP contribution in [0.15, 0.2) is 91.0 Å². The summed E-state index contributed by atoms with van der Waals surface area (Å²) in [5, 5.41) is 0.641. The summed E-state index contributed by atoms with van der Waals surface area (Å²) in [4.78, 5) is 16.9. The number of rotatable bonds is 8. The van der Waals surface area contributed by atoms with Crippen molar-refractivity contribution in [2.24, 2.45) is 5.92 Å². The smallest absolute Gasteiger partial charge is 0.177 e. The van der Waals surface area contributed by atoms with Gasteiger partial charge in [0, 0.05) is 29.4 Å². The van der Waals surface area contributed by atoms with E-state index in [2.05, 4.69) is 61.2 Å². The van der Waals surface area contributed by atoms with Gasteiger partial charge in [0.15, 0.2) is 5.78 Å². The minimum absolute atomic E-state index is 0.140. The van der Waals surface area contributed by atoms with E-state index in [1.807, 2.05) is 48.5 Å². The van der Waals surface area contributed by atoms with Crippen molar-refractivity contribution in [3.8, 4) is 0 Å². The van der Waals surface area contributed by atoms with Crippen LogP contribution in [0.1, 0.15) is 54.6 Å². The van der Waals surface area contributed by atoms with Crippen molar-refractivity contribution in [3.05, 3.63) is 113 Å². The lowest BCUT2D eigenvalue weighted by Crippen LogP contribution is -2.50. The number of hydrogen-bond acceptors (Lipinski definition) is 2. The Bertz CT molecular complexity index is 1090. The quantitative estimate of drug-likeness (QED) is 0.324. The molecule has 2 atom stereocenters. The summed E-state index contributed by atoms with van der Waals surface area (Å²) in [6, 6.07) is 28.2. The van der Waals surface area contributed by atoms with Crippen molar-refractivity contribution in [3.63, 3.8) is 0 Å². The van der Waals surface area contributed by atoms with Gasteiger partial charge in [-0.1, -0.05) is 99.0 Å². The number of carbonyl (C=O) groups excluding carboxylic acids is 1. The number of nitrogens with zero attached hydrogens (tertiary/aromatic N) is 1. The van der Waals surface area contributed by atoms with E-state index in [1.54, 1.807) is 0 Å². The summed E-state index contributed by atoms with van der Waals surface area (Å²) < 4.78 is 0. The molecule has 3 aromatic rings. The molecular formula is C30H32ClNO. The molecular weight excluding hydrogens is 426 g/mol. The van der Waals surface area contributed by atoms with Gasteiger partial charge < -0.3 is 4.90 Å². The molecule has 0 aliphatic carbocycles. The third kappa shape index (κ3) is 4.63. The molecule has 0 amide bonds. The first-order valence-corrected chi connectivity index (χ1v) is 12.4. The summed E-state index contributed by atoms with van der Waals surface area (Å²) in [7, 11) is 0. The van der Waals surface area contributed by atoms with Gasteiger partial charge in [-0.15, -0.1) is 0 Å². The van der Waals surface area contributed by atoms with Gasteiger partial charge in [-0.3, -0.25) is 4.79 Å². The first-order chi connectivity index (χ1) is 16.1. The SMILES string of the molecule is CCCCN1CC(CC)C(C(=O)c2ccc(Cl)cc2)(c2ccccc2)C=C1c1ccccc1. The molecule has 33 heavy (non-hydrogen) atoms. The Morgan fingerprint density at radius 2 is 1.58 bits per heavy atom. The molecule has 0 radical (unpaired) electrons. The largest absolute Gasteiger partial charge is 0.371 e. The van der Waals surface area contributed by atoms with Gasteiger partial charge in [-0.25, -0.2) is 0 Å². The van der Waals surface area contributed by atoms with E-state index in [0.717, 1.165) is 49.2 Å². The molecule has 1 aliphatic heterocycles. The molecule has 2 nitrogen and oxygen atoms in total. The minimum Gasteiger partial charge on any atom is -0.371 e. The summed E-state index contributed by atoms with van der Waals surface area (Å²) in [6.07, 6.45) is 5.45. The molecule has 1 aliphatic rings. The number of allylic oxidation sites excluding steroid dienone is 1. The van der Waals surface area contributed by atoms with Gasteiger partial charge in [0.25, 0.3) is 0 Å². The molecule has 0 saturated heterocycles. The molecule has 1 heterocycles. The molecule has 2 unspecified atom stereocenters. The highest BCUT2D eigenvalue weighted by Gasteiger charge is 2.48. The summed E-state index contributed by atoms with van der Waals surface area (Å²) >= 11 is 6.15. The molecule has 0 N–H and O–H groups in total. The van der Waals surface area contributed by atoms with Gasteiger partial charge in [0.2, 0.25) is 0 Å². The fourth-order valence-electron chi connectivity index (χ4n) is 5.07. The predicted molar refractivity (Wildman–Crippen MR) is 139 cm³/mol. The third-order valence-corrected chi connectivity index (χ3v) is 7.12. The Kier molecular flexibility index (Phi) is 7.35. The molecule has 3 heteroatoms. The minimum atomic E-state index is -0.738. The van der Waals surface area contributed by atoms with Crippen LogP contribution in [-0.2, 0) is 5.41 Å². The second-order valence-electron chi connectivity index (χ2n) is 8.87. The highest BCUT2D eigenvalue weighted by molar-refractivity contribution is 6.30. The van der Waals surface area contributed by atoms with E-state index in [0.29, 0.717) is 10.6 Å². The normalized spacial score (nSPS) is 20.4. The highest BCUT2D eigenvalue weighted by atomic mass is 35.5. The number of halogens is 1. The van der Waals surface area contributed by atoms with Crippen LogP contribution in [0.5, 0.6) is 0 Å². The van der Waals surface area contributed by atoms with Gasteiger partial charge in [-0.05, 0) is 53.8 Å². The average molecular weight is 458 g/mol. The average Bonchev–Trinajstić information content (AvgIpc) is 2.88. The van der Waals surface area contributed by atoms with Crippen molar-refractivity contribution >= 4 is 23.1 Å². The Hall–Kier alpha value is -2.84. The van der Waals surface area contributed by atoms with Crippen molar-refractivity contribution in [1.82, 2.24) is 4.90 Å². The number of carbonyl (C=O) groups is 1. The molecule has 4 rings (SSSR count). The lowest BCUT2D eigenvalue weighted by atomic mass is 9.62. The first kappa shape index (κ1) is 23.3. The van der Waals surface area contributed by atoms with E-state index < -0.39 is 5.41 Å². The zero-order valence-corrected chi connectivity index (χ0v) is 20.3. The van der Waals surface area contributed by atoms with Gasteiger partial charge in [0.1, 0.15) is 0 Å². The molecule has 0 fully saturated rings. The second kappa shape index (κ2) is 10.4. The van der Waals surface area contributed by atoms with Crippen LogP contribution in [0.25, 0.3) is 5.70 Å². The van der Waals surface area contributed by atoms with Crippen molar-refractivity contribution in [1.29, 1.82) is 0 Å². The summed E-state index contributed by atoms with van der Waals surface area (Å²) in [5.74, 6) is 0.299. The molecule has 170 valence electrons. The zero-order valence-electron chi connectivity index (χ0n) is 19.5. The van der Waals surface area contributed by atoms with Crippen molar-refractivity contribution < 1.29 is 4.79 Å². The van der Waals surface area contributed by atoms with Crippen LogP contribution in [0.2, 0.25) is 5.02 Å². The Balaban J connectivity index is 1.96. The standard InChI is InChI=1S/C30H32ClNO/c1-3-5-20-32-22-25(4-2)30(26-14-10-7-11-15-26,21-28(32)23-12-8-6-9-13-23)29(33)24-16-18-27(31)19-17-24/h6-19,21,25H,3-5,20,22H2,1-2H3. The van der Waals surface area contributed by atoms with E-state index in [-0.39, 0.29) is 11.7 Å². The second-order valence-corrected chi connectivity index (χ2v) is 9.31. The van der Waals surface area contributed by atoms with E-state index in [9.17, 15) is 4.79 Å². The summed E-state index contributed by atoms with van der Waals surface area (Å²) in [5.41, 5.74) is 3.33. The Labute approximate surface area is 202 Å². The number of benzene rings is 3. The fraction of sp³-hybridized carbons (Fsp3) is 0.300. The van der Waals surface area contributed by atoms with Crippen LogP contribution >= 0.6 is 11.6 Å². The van der Waals surface area contributed by atoms with Crippen LogP contribution in [0.3, 0.4) is 0 Å². The number of ketones is 1. The van der Waals surface area contributed by atoms with E-state index >= 15 is 0 Å². The lowest BCUT2D eigenvalue weighted by molar-refractivity contribution is 0.0828. The van der Waals surface area contributed by atoms with Gasteiger partial charge in [-0.2, -0.15) is 0 Å². The van der Waals surface area contributed by atoms with Gasteiger partial charge >= 0.3 is 0 Å². The number of Topliss-reactive ketones (excluding diaryl/α,β-unsaturated/α-hetero) is 1. The first-order valence-electron chi connectivity index (χ1n) is 12.0. The molecule has 3 aromatic carbocycles. The Morgan fingerprint density at radius 3 is 2.18 bits per heavy atom. The zero-order chi connectivity index (χ0) is 23.3. The van der Waals surface area contributed by atoms with Crippen LogP contribution in [0, 0.1) is 5.92 Å². The maximum atomic E-state index is 14.4.